The number of sulfonamides is 1. The van der Waals surface area contributed by atoms with Gasteiger partial charge in [0.15, 0.2) is 0 Å². The molecular weight excluding hydrogens is 642 g/mol. The van der Waals surface area contributed by atoms with Gasteiger partial charge in [0.2, 0.25) is 0 Å². The van der Waals surface area contributed by atoms with Crippen LogP contribution in [0.15, 0.2) is 131 Å². The maximum atomic E-state index is 14.4. The lowest BCUT2D eigenvalue weighted by Crippen LogP contribution is -2.44. The Bertz CT molecular complexity index is 2050. The Kier molecular flexibility index (Phi) is 9.94. The van der Waals surface area contributed by atoms with Crippen molar-refractivity contribution in [2.24, 2.45) is 0 Å². The van der Waals surface area contributed by atoms with Crippen molar-refractivity contribution in [2.45, 2.75) is 44.0 Å². The number of carbonyl (C=O) groups excluding carboxylic acids is 2. The number of halogens is 1. The molecule has 48 heavy (non-hydrogen) atoms. The average Bonchev–Trinajstić information content (AvgIpc) is 3.10. The van der Waals surface area contributed by atoms with Crippen molar-refractivity contribution >= 4 is 45.3 Å². The molecule has 4 aromatic rings. The van der Waals surface area contributed by atoms with E-state index in [0.29, 0.717) is 24.2 Å². The normalized spacial score (nSPS) is 13.6. The number of nitrogens with zero attached hydrogens (tertiary/aromatic N) is 2. The number of amides is 3. The molecule has 1 N–H and O–H groups in total. The maximum Gasteiger partial charge on any atom is 0.329 e. The second-order valence-corrected chi connectivity index (χ2v) is 13.8. The number of nitrogens with one attached hydrogen (secondary N) is 1. The molecule has 4 aromatic carbocycles. The largest absolute Gasteiger partial charge is 0.329 e. The van der Waals surface area contributed by atoms with Crippen molar-refractivity contribution in [3.8, 4) is 11.1 Å². The Morgan fingerprint density at radius 3 is 2.42 bits per heavy atom. The van der Waals surface area contributed by atoms with Crippen LogP contribution in [0, 0.1) is 0 Å². The molecule has 0 atom stereocenters. The highest BCUT2D eigenvalue weighted by Crippen LogP contribution is 2.39. The summed E-state index contributed by atoms with van der Waals surface area (Å²) in [4.78, 5) is 31.0. The van der Waals surface area contributed by atoms with E-state index in [2.05, 4.69) is 23.8 Å². The molecule has 0 saturated carbocycles. The second kappa shape index (κ2) is 14.5. The molecule has 0 saturated heterocycles. The second-order valence-electron chi connectivity index (χ2n) is 11.8. The fourth-order valence-electron chi connectivity index (χ4n) is 6.02. The van der Waals surface area contributed by atoms with Crippen molar-refractivity contribution in [3.63, 3.8) is 0 Å². The van der Waals surface area contributed by atoms with Gasteiger partial charge in [0.05, 0.1) is 26.9 Å². The predicted molar refractivity (Wildman–Crippen MR) is 192 cm³/mol. The van der Waals surface area contributed by atoms with Crippen LogP contribution in [0.25, 0.3) is 17.2 Å². The molecule has 244 valence electrons. The van der Waals surface area contributed by atoms with Gasteiger partial charge in [-0.2, -0.15) is 0 Å². The predicted octanol–water partition coefficient (Wildman–Crippen LogP) is 8.99. The summed E-state index contributed by atoms with van der Waals surface area (Å²) in [7, 11) is -4.23. The van der Waals surface area contributed by atoms with E-state index >= 15 is 0 Å². The summed E-state index contributed by atoms with van der Waals surface area (Å²) >= 11 is 6.13. The third-order valence-electron chi connectivity index (χ3n) is 8.46. The van der Waals surface area contributed by atoms with Crippen LogP contribution in [0.5, 0.6) is 0 Å². The third kappa shape index (κ3) is 7.00. The first-order chi connectivity index (χ1) is 23.3. The number of benzene rings is 4. The van der Waals surface area contributed by atoms with Gasteiger partial charge < -0.3 is 4.90 Å². The van der Waals surface area contributed by atoms with Crippen LogP contribution in [0.2, 0.25) is 5.02 Å². The first-order valence-electron chi connectivity index (χ1n) is 16.0. The summed E-state index contributed by atoms with van der Waals surface area (Å²) in [6, 6.07) is 28.2. The fraction of sp³-hybridized carbons (Fsp3) is 0.179. The van der Waals surface area contributed by atoms with Crippen LogP contribution in [0.4, 0.5) is 10.5 Å². The van der Waals surface area contributed by atoms with E-state index in [0.717, 1.165) is 53.8 Å². The minimum atomic E-state index is -4.23. The molecule has 3 amide bonds. The van der Waals surface area contributed by atoms with Gasteiger partial charge in [0, 0.05) is 18.7 Å². The molecule has 0 aromatic heterocycles. The number of anilines is 1. The zero-order valence-corrected chi connectivity index (χ0v) is 28.2. The standard InChI is InChI=1S/C39H36ClN3O4S/c1-2-3-12-25-42(39(45)43-35-18-9-4-13-30(35)26-31-14-5-10-19-36(31)43)27-28-21-23-29(24-22-28)32-15-7-11-20-37(32)48(46,47)41-38(44)33-16-6-8-17-34(33)40/h4-11,13,15-24,26H,2-3,12,14,25,27H2,1H3,(H,41,44). The van der Waals surface area contributed by atoms with E-state index < -0.39 is 15.9 Å². The van der Waals surface area contributed by atoms with E-state index in [1.54, 1.807) is 30.3 Å². The highest BCUT2D eigenvalue weighted by Gasteiger charge is 2.32. The lowest BCUT2D eigenvalue weighted by atomic mass is 9.94. The summed E-state index contributed by atoms with van der Waals surface area (Å²) in [5.41, 5.74) is 5.98. The molecule has 1 aliphatic heterocycles. The number of rotatable bonds is 10. The molecular formula is C39H36ClN3O4S. The van der Waals surface area contributed by atoms with Crippen molar-refractivity contribution in [1.82, 2.24) is 9.62 Å². The topological polar surface area (TPSA) is 86.8 Å². The SMILES string of the molecule is CCCCCN(Cc1ccc(-c2ccccc2S(=O)(=O)NC(=O)c2ccccc2Cl)cc1)C(=O)N1C2=CC=CCC2=Cc2ccccc21. The van der Waals surface area contributed by atoms with E-state index in [9.17, 15) is 18.0 Å². The Balaban J connectivity index is 1.26. The lowest BCUT2D eigenvalue weighted by Gasteiger charge is -2.37. The van der Waals surface area contributed by atoms with Crippen molar-refractivity contribution < 1.29 is 18.0 Å². The Labute approximate surface area is 286 Å². The number of hydrogen-bond acceptors (Lipinski definition) is 4. The molecule has 2 aliphatic rings. The van der Waals surface area contributed by atoms with Crippen molar-refractivity contribution in [3.05, 3.63) is 148 Å². The van der Waals surface area contributed by atoms with Gasteiger partial charge in [0.1, 0.15) is 0 Å². The highest BCUT2D eigenvalue weighted by molar-refractivity contribution is 7.90. The zero-order chi connectivity index (χ0) is 33.7. The number of hydrogen-bond donors (Lipinski definition) is 1. The Morgan fingerprint density at radius 1 is 0.896 bits per heavy atom. The molecule has 1 aliphatic carbocycles. The summed E-state index contributed by atoms with van der Waals surface area (Å²) < 4.78 is 29.0. The van der Waals surface area contributed by atoms with E-state index in [4.69, 9.17) is 11.6 Å². The van der Waals surface area contributed by atoms with Crippen molar-refractivity contribution in [2.75, 3.05) is 11.4 Å². The monoisotopic (exact) mass is 677 g/mol. The summed E-state index contributed by atoms with van der Waals surface area (Å²) in [5, 5.41) is 0.157. The van der Waals surface area contributed by atoms with Gasteiger partial charge in [-0.3, -0.25) is 9.69 Å². The Hall–Kier alpha value is -4.92. The molecule has 0 bridgehead atoms. The van der Waals surface area contributed by atoms with Crippen LogP contribution in [-0.2, 0) is 16.6 Å². The summed E-state index contributed by atoms with van der Waals surface area (Å²) in [6.07, 6.45) is 12.0. The smallest absolute Gasteiger partial charge is 0.320 e. The molecule has 0 spiro atoms. The van der Waals surface area contributed by atoms with Crippen LogP contribution in [0.1, 0.15) is 54.1 Å². The van der Waals surface area contributed by atoms with E-state index in [1.165, 1.54) is 18.2 Å². The van der Waals surface area contributed by atoms with Gasteiger partial charge in [-0.25, -0.2) is 17.9 Å². The number of carbonyl (C=O) groups is 2. The summed E-state index contributed by atoms with van der Waals surface area (Å²) in [6.45, 7) is 3.13. The minimum Gasteiger partial charge on any atom is -0.320 e. The molecule has 7 nitrogen and oxygen atoms in total. The average molecular weight is 678 g/mol. The highest BCUT2D eigenvalue weighted by atomic mass is 35.5. The molecule has 0 unspecified atom stereocenters. The lowest BCUT2D eigenvalue weighted by molar-refractivity contribution is 0.0981. The van der Waals surface area contributed by atoms with Gasteiger partial charge in [-0.1, -0.05) is 116 Å². The van der Waals surface area contributed by atoms with Crippen LogP contribution < -0.4 is 9.62 Å². The maximum absolute atomic E-state index is 14.4. The van der Waals surface area contributed by atoms with E-state index in [-0.39, 0.29) is 21.5 Å². The molecule has 9 heteroatoms. The van der Waals surface area contributed by atoms with Gasteiger partial charge >= 0.3 is 6.03 Å². The van der Waals surface area contributed by atoms with Gasteiger partial charge in [-0.05, 0) is 71.5 Å². The van der Waals surface area contributed by atoms with Crippen LogP contribution in [-0.4, -0.2) is 31.8 Å². The van der Waals surface area contributed by atoms with Gasteiger partial charge in [0.25, 0.3) is 15.9 Å². The van der Waals surface area contributed by atoms with Crippen LogP contribution in [0.3, 0.4) is 0 Å². The number of fused-ring (bicyclic) bond motifs is 2. The zero-order valence-electron chi connectivity index (χ0n) is 26.6. The number of para-hydroxylation sites is 1. The first kappa shape index (κ1) is 33.0. The van der Waals surface area contributed by atoms with E-state index in [1.807, 2.05) is 70.5 Å². The minimum absolute atomic E-state index is 0.0306. The summed E-state index contributed by atoms with van der Waals surface area (Å²) in [5.74, 6) is -0.808. The fourth-order valence-corrected chi connectivity index (χ4v) is 7.44. The van der Waals surface area contributed by atoms with Crippen molar-refractivity contribution in [1.29, 1.82) is 0 Å². The number of allylic oxidation sites excluding steroid dienone is 4. The first-order valence-corrected chi connectivity index (χ1v) is 17.9. The molecule has 6 rings (SSSR count). The quantitative estimate of drug-likeness (QED) is 0.170. The molecule has 0 fully saturated rings. The molecule has 0 radical (unpaired) electrons. The Morgan fingerprint density at radius 2 is 1.62 bits per heavy atom. The number of urea groups is 1. The van der Waals surface area contributed by atoms with Crippen LogP contribution >= 0.6 is 11.6 Å². The van der Waals surface area contributed by atoms with Gasteiger partial charge in [-0.15, -0.1) is 0 Å². The molecule has 1 heterocycles. The number of unbranched alkanes of at least 4 members (excludes halogenated alkanes) is 2. The third-order valence-corrected chi connectivity index (χ3v) is 10.2.